The Labute approximate surface area is 169 Å². The summed E-state index contributed by atoms with van der Waals surface area (Å²) < 4.78 is 14.6. The number of rotatable bonds is 2. The molecule has 0 aliphatic heterocycles. The number of nitrogens with zero attached hydrogens (tertiary/aromatic N) is 1. The van der Waals surface area contributed by atoms with Crippen molar-refractivity contribution in [3.8, 4) is 22.4 Å². The van der Waals surface area contributed by atoms with E-state index in [9.17, 15) is 4.39 Å². The van der Waals surface area contributed by atoms with Crippen molar-refractivity contribution in [2.45, 2.75) is 26.2 Å². The van der Waals surface area contributed by atoms with Gasteiger partial charge in [-0.25, -0.2) is 9.37 Å². The fourth-order valence-corrected chi connectivity index (χ4v) is 3.56. The fourth-order valence-electron chi connectivity index (χ4n) is 3.39. The summed E-state index contributed by atoms with van der Waals surface area (Å²) in [5, 5.41) is 1.45. The topological polar surface area (TPSA) is 12.9 Å². The maximum absolute atomic E-state index is 14.6. The highest BCUT2D eigenvalue weighted by Gasteiger charge is 2.15. The van der Waals surface area contributed by atoms with Crippen LogP contribution in [0.3, 0.4) is 0 Å². The van der Waals surface area contributed by atoms with E-state index in [1.54, 1.807) is 12.1 Å². The first-order chi connectivity index (χ1) is 13.3. The highest BCUT2D eigenvalue weighted by Crippen LogP contribution is 2.35. The summed E-state index contributed by atoms with van der Waals surface area (Å²) in [5.41, 5.74) is 5.30. The molecule has 0 fully saturated rings. The third-order valence-corrected chi connectivity index (χ3v) is 5.22. The van der Waals surface area contributed by atoms with Crippen LogP contribution in [0.4, 0.5) is 4.39 Å². The first-order valence-corrected chi connectivity index (χ1v) is 9.67. The second-order valence-electron chi connectivity index (χ2n) is 8.02. The van der Waals surface area contributed by atoms with Crippen molar-refractivity contribution in [1.82, 2.24) is 4.98 Å². The van der Waals surface area contributed by atoms with Crippen LogP contribution in [0.15, 0.2) is 72.8 Å². The van der Waals surface area contributed by atoms with Crippen molar-refractivity contribution >= 4 is 22.5 Å². The quantitative estimate of drug-likeness (QED) is 0.343. The molecule has 0 bridgehead atoms. The Balaban J connectivity index is 1.94. The number of benzene rings is 3. The van der Waals surface area contributed by atoms with Crippen LogP contribution >= 0.6 is 11.6 Å². The molecule has 0 spiro atoms. The van der Waals surface area contributed by atoms with E-state index in [-0.39, 0.29) is 11.2 Å². The van der Waals surface area contributed by atoms with Gasteiger partial charge in [-0.05, 0) is 46.9 Å². The molecule has 3 aromatic carbocycles. The summed E-state index contributed by atoms with van der Waals surface area (Å²) >= 11 is 6.21. The van der Waals surface area contributed by atoms with Crippen LogP contribution in [0.25, 0.3) is 33.3 Å². The molecule has 28 heavy (non-hydrogen) atoms. The molecule has 140 valence electrons. The summed E-state index contributed by atoms with van der Waals surface area (Å²) in [4.78, 5) is 4.81. The Morgan fingerprint density at radius 2 is 1.54 bits per heavy atom. The van der Waals surface area contributed by atoms with Crippen LogP contribution in [0.5, 0.6) is 0 Å². The van der Waals surface area contributed by atoms with Crippen LogP contribution in [0.2, 0.25) is 5.02 Å². The minimum absolute atomic E-state index is 0.0877. The summed E-state index contributed by atoms with van der Waals surface area (Å²) in [5.74, 6) is -0.260. The molecule has 4 rings (SSSR count). The van der Waals surface area contributed by atoms with Gasteiger partial charge in [0.15, 0.2) is 0 Å². The van der Waals surface area contributed by atoms with Gasteiger partial charge in [0.2, 0.25) is 0 Å². The molecule has 0 radical (unpaired) electrons. The van der Waals surface area contributed by atoms with Crippen LogP contribution in [0.1, 0.15) is 26.3 Å². The zero-order valence-electron chi connectivity index (χ0n) is 16.1. The van der Waals surface area contributed by atoms with Crippen LogP contribution in [-0.4, -0.2) is 4.98 Å². The first-order valence-electron chi connectivity index (χ1n) is 9.29. The van der Waals surface area contributed by atoms with Gasteiger partial charge in [-0.1, -0.05) is 74.8 Å². The minimum Gasteiger partial charge on any atom is -0.248 e. The van der Waals surface area contributed by atoms with Gasteiger partial charge in [-0.2, -0.15) is 0 Å². The van der Waals surface area contributed by atoms with E-state index in [1.165, 1.54) is 11.6 Å². The Hall–Kier alpha value is -2.71. The maximum atomic E-state index is 14.6. The molecule has 4 aromatic rings. The lowest BCUT2D eigenvalue weighted by Crippen LogP contribution is -2.10. The average molecular weight is 390 g/mol. The Bertz CT molecular complexity index is 1160. The molecule has 0 saturated heterocycles. The van der Waals surface area contributed by atoms with Crippen molar-refractivity contribution < 1.29 is 4.39 Å². The van der Waals surface area contributed by atoms with Crippen molar-refractivity contribution in [3.05, 3.63) is 89.2 Å². The number of hydrogen-bond acceptors (Lipinski definition) is 1. The van der Waals surface area contributed by atoms with E-state index in [4.69, 9.17) is 16.6 Å². The second-order valence-corrected chi connectivity index (χ2v) is 8.46. The van der Waals surface area contributed by atoms with Crippen molar-refractivity contribution in [1.29, 1.82) is 0 Å². The van der Waals surface area contributed by atoms with Crippen LogP contribution < -0.4 is 0 Å². The van der Waals surface area contributed by atoms with Crippen molar-refractivity contribution in [2.75, 3.05) is 0 Å². The molecular weight excluding hydrogens is 369 g/mol. The molecule has 0 N–H and O–H groups in total. The van der Waals surface area contributed by atoms with E-state index in [0.29, 0.717) is 10.6 Å². The minimum atomic E-state index is -0.260. The number of fused-ring (bicyclic) bond motifs is 1. The number of aromatic nitrogens is 1. The van der Waals surface area contributed by atoms with E-state index in [0.717, 1.165) is 27.7 Å². The predicted octanol–water partition coefficient (Wildman–Crippen LogP) is 7.66. The van der Waals surface area contributed by atoms with E-state index in [1.807, 2.05) is 30.3 Å². The molecule has 0 aliphatic carbocycles. The first kappa shape index (κ1) is 18.6. The van der Waals surface area contributed by atoms with Crippen molar-refractivity contribution in [3.63, 3.8) is 0 Å². The molecule has 3 heteroatoms. The molecule has 0 aliphatic rings. The lowest BCUT2D eigenvalue weighted by molar-refractivity contribution is 0.590. The summed E-state index contributed by atoms with van der Waals surface area (Å²) in [6.45, 7) is 6.57. The SMILES string of the molecule is CC(C)(C)c1ccc(-c2cc(-c3ccccc3F)c3cc(Cl)ccc3n2)cc1. The normalized spacial score (nSPS) is 11.8. The summed E-state index contributed by atoms with van der Waals surface area (Å²) in [6, 6.07) is 22.7. The van der Waals surface area contributed by atoms with Gasteiger partial charge in [0.05, 0.1) is 11.2 Å². The highest BCUT2D eigenvalue weighted by molar-refractivity contribution is 6.31. The Kier molecular flexibility index (Phi) is 4.68. The zero-order chi connectivity index (χ0) is 19.9. The number of halogens is 2. The molecule has 0 amide bonds. The largest absolute Gasteiger partial charge is 0.248 e. The fraction of sp³-hybridized carbons (Fsp3) is 0.160. The second kappa shape index (κ2) is 7.03. The number of hydrogen-bond donors (Lipinski definition) is 0. The zero-order valence-corrected chi connectivity index (χ0v) is 16.9. The molecule has 0 saturated carbocycles. The molecule has 1 heterocycles. The van der Waals surface area contributed by atoms with Gasteiger partial charge in [0.1, 0.15) is 5.82 Å². The lowest BCUT2D eigenvalue weighted by atomic mass is 9.86. The van der Waals surface area contributed by atoms with Crippen molar-refractivity contribution in [2.24, 2.45) is 0 Å². The summed E-state index contributed by atoms with van der Waals surface area (Å²) in [7, 11) is 0. The molecule has 1 aromatic heterocycles. The number of pyridine rings is 1. The van der Waals surface area contributed by atoms with Crippen LogP contribution in [-0.2, 0) is 5.41 Å². The molecular formula is C25H21ClFN. The smallest absolute Gasteiger partial charge is 0.131 e. The van der Waals surface area contributed by atoms with Gasteiger partial charge >= 0.3 is 0 Å². The lowest BCUT2D eigenvalue weighted by Gasteiger charge is -2.19. The Morgan fingerprint density at radius 3 is 2.21 bits per heavy atom. The molecule has 0 atom stereocenters. The van der Waals surface area contributed by atoms with Gasteiger partial charge < -0.3 is 0 Å². The highest BCUT2D eigenvalue weighted by atomic mass is 35.5. The van der Waals surface area contributed by atoms with Gasteiger partial charge in [0, 0.05) is 21.5 Å². The Morgan fingerprint density at radius 1 is 0.821 bits per heavy atom. The van der Waals surface area contributed by atoms with E-state index >= 15 is 0 Å². The van der Waals surface area contributed by atoms with Gasteiger partial charge in [-0.3, -0.25) is 0 Å². The van der Waals surface area contributed by atoms with E-state index < -0.39 is 0 Å². The van der Waals surface area contributed by atoms with Gasteiger partial charge in [-0.15, -0.1) is 0 Å². The van der Waals surface area contributed by atoms with Crippen LogP contribution in [0, 0.1) is 5.82 Å². The standard InChI is InChI=1S/C25H21ClFN/c1-25(2,3)17-10-8-16(9-11-17)24-15-20(19-6-4-5-7-22(19)27)21-14-18(26)12-13-23(21)28-24/h4-15H,1-3H3. The van der Waals surface area contributed by atoms with E-state index in [2.05, 4.69) is 45.0 Å². The maximum Gasteiger partial charge on any atom is 0.131 e. The van der Waals surface area contributed by atoms with Gasteiger partial charge in [0.25, 0.3) is 0 Å². The average Bonchev–Trinajstić information content (AvgIpc) is 2.67. The third-order valence-electron chi connectivity index (χ3n) is 4.98. The molecule has 1 nitrogen and oxygen atoms in total. The monoisotopic (exact) mass is 389 g/mol. The molecule has 0 unspecified atom stereocenters. The summed E-state index contributed by atoms with van der Waals surface area (Å²) in [6.07, 6.45) is 0. The third kappa shape index (κ3) is 3.53. The predicted molar refractivity (Wildman–Crippen MR) is 116 cm³/mol.